The van der Waals surface area contributed by atoms with E-state index in [1.807, 2.05) is 88.4 Å². The fraction of sp³-hybridized carbons (Fsp3) is 0.441. The molecule has 1 N–H and O–H groups in total. The Morgan fingerprint density at radius 2 is 1.65 bits per heavy atom. The number of aryl methyl sites for hydroxylation is 2. The van der Waals surface area contributed by atoms with Crippen molar-refractivity contribution in [2.75, 3.05) is 36.1 Å². The topological polar surface area (TPSA) is 90.4 Å². The molecule has 43 heavy (non-hydrogen) atoms. The zero-order valence-corrected chi connectivity index (χ0v) is 26.1. The maximum absolute atomic E-state index is 14.7. The van der Waals surface area contributed by atoms with Crippen molar-refractivity contribution in [3.05, 3.63) is 77.9 Å². The van der Waals surface area contributed by atoms with Crippen molar-refractivity contribution in [2.45, 2.75) is 56.2 Å². The van der Waals surface area contributed by atoms with Gasteiger partial charge in [0, 0.05) is 29.2 Å². The molecule has 2 aromatic carbocycles. The molecule has 0 radical (unpaired) electrons. The number of fused-ring (bicyclic) bond motifs is 2. The Morgan fingerprint density at radius 1 is 0.953 bits per heavy atom. The third-order valence-corrected chi connectivity index (χ3v) is 11.1. The molecule has 2 fully saturated rings. The average Bonchev–Trinajstić information content (AvgIpc) is 3.26. The Kier molecular flexibility index (Phi) is 7.45. The molecule has 4 aliphatic heterocycles. The van der Waals surface area contributed by atoms with Crippen LogP contribution in [-0.2, 0) is 14.4 Å². The van der Waals surface area contributed by atoms with Crippen LogP contribution in [0, 0.1) is 25.7 Å². The molecule has 2 saturated heterocycles. The number of hydrogen-bond acceptors (Lipinski definition) is 6. The first-order chi connectivity index (χ1) is 20.6. The third kappa shape index (κ3) is 4.51. The van der Waals surface area contributed by atoms with E-state index in [2.05, 4.69) is 6.08 Å². The van der Waals surface area contributed by atoms with Crippen LogP contribution in [0.3, 0.4) is 0 Å². The van der Waals surface area contributed by atoms with Gasteiger partial charge < -0.3 is 24.5 Å². The highest BCUT2D eigenvalue weighted by Gasteiger charge is 2.74. The summed E-state index contributed by atoms with van der Waals surface area (Å²) in [6.07, 6.45) is 8.04. The van der Waals surface area contributed by atoms with Crippen LogP contribution in [0.15, 0.2) is 66.8 Å². The zero-order chi connectivity index (χ0) is 30.7. The minimum atomic E-state index is -0.981. The maximum atomic E-state index is 14.7. The number of rotatable bonds is 6. The minimum Gasteiger partial charge on any atom is -0.494 e. The quantitative estimate of drug-likeness (QED) is 0.498. The lowest BCUT2D eigenvalue weighted by Gasteiger charge is -2.39. The van der Waals surface area contributed by atoms with Gasteiger partial charge in [-0.2, -0.15) is 0 Å². The first-order valence-corrected chi connectivity index (χ1v) is 15.8. The van der Waals surface area contributed by atoms with Crippen LogP contribution in [0.4, 0.5) is 11.4 Å². The molecule has 226 valence electrons. The molecule has 3 amide bonds. The van der Waals surface area contributed by atoms with Gasteiger partial charge >= 0.3 is 0 Å². The highest BCUT2D eigenvalue weighted by molar-refractivity contribution is 8.02. The number of aliphatic hydroxyl groups is 1. The van der Waals surface area contributed by atoms with E-state index in [0.29, 0.717) is 19.7 Å². The van der Waals surface area contributed by atoms with E-state index >= 15 is 0 Å². The van der Waals surface area contributed by atoms with Crippen molar-refractivity contribution in [2.24, 2.45) is 11.8 Å². The fourth-order valence-electron chi connectivity index (χ4n) is 7.37. The normalized spacial score (nSPS) is 30.6. The number of carbonyl (C=O) groups excluding carboxylic acids is 3. The lowest BCUT2D eigenvalue weighted by molar-refractivity contribution is -0.141. The number of amides is 3. The number of benzene rings is 2. The smallest absolute Gasteiger partial charge is 0.251 e. The van der Waals surface area contributed by atoms with Gasteiger partial charge in [0.2, 0.25) is 11.8 Å². The molecule has 6 rings (SSSR count). The highest BCUT2D eigenvalue weighted by Crippen LogP contribution is 2.66. The largest absolute Gasteiger partial charge is 0.494 e. The van der Waals surface area contributed by atoms with Crippen LogP contribution in [0.1, 0.15) is 31.9 Å². The number of carbonyl (C=O) groups is 3. The Bertz CT molecular complexity index is 1520. The molecule has 0 aliphatic carbocycles. The second kappa shape index (κ2) is 10.9. The Balaban J connectivity index is 1.46. The number of nitrogens with zero attached hydrogens (tertiary/aromatic N) is 3. The van der Waals surface area contributed by atoms with Crippen molar-refractivity contribution in [1.29, 1.82) is 0 Å². The maximum Gasteiger partial charge on any atom is 0.251 e. The van der Waals surface area contributed by atoms with E-state index in [9.17, 15) is 19.5 Å². The first-order valence-electron chi connectivity index (χ1n) is 15.0. The predicted molar refractivity (Wildman–Crippen MR) is 169 cm³/mol. The number of anilines is 2. The number of aliphatic hydroxyl groups excluding tert-OH is 1. The van der Waals surface area contributed by atoms with E-state index < -0.39 is 33.4 Å². The molecule has 1 spiro atoms. The SMILES string of the molecule is CCOc1ccc(N2CC=C[C@@]3(C)S[C@]45C=CCN(c6cc(C)ccc6C)C(=O)C4N([C@H](C)CO)C(=O)[C@@H]5[C@H]3C2=O)cc1. The van der Waals surface area contributed by atoms with E-state index in [1.165, 1.54) is 0 Å². The van der Waals surface area contributed by atoms with Gasteiger partial charge in [0.05, 0.1) is 35.8 Å². The van der Waals surface area contributed by atoms with Crippen molar-refractivity contribution in [3.8, 4) is 5.75 Å². The Labute approximate surface area is 257 Å². The molecule has 0 bridgehead atoms. The van der Waals surface area contributed by atoms with E-state index in [0.717, 1.165) is 28.3 Å². The molecule has 0 aromatic heterocycles. The summed E-state index contributed by atoms with van der Waals surface area (Å²) >= 11 is 1.55. The van der Waals surface area contributed by atoms with Crippen molar-refractivity contribution in [1.82, 2.24) is 4.90 Å². The highest BCUT2D eigenvalue weighted by atomic mass is 32.2. The van der Waals surface area contributed by atoms with E-state index in [-0.39, 0.29) is 24.3 Å². The Morgan fingerprint density at radius 3 is 2.35 bits per heavy atom. The summed E-state index contributed by atoms with van der Waals surface area (Å²) in [5.41, 5.74) is 3.53. The van der Waals surface area contributed by atoms with E-state index in [4.69, 9.17) is 4.74 Å². The molecular formula is C34H39N3O5S. The summed E-state index contributed by atoms with van der Waals surface area (Å²) in [5.74, 6) is -1.36. The minimum absolute atomic E-state index is 0.145. The molecule has 0 saturated carbocycles. The second-order valence-corrected chi connectivity index (χ2v) is 14.0. The van der Waals surface area contributed by atoms with Crippen LogP contribution in [0.2, 0.25) is 0 Å². The fourth-order valence-corrected chi connectivity index (χ4v) is 9.51. The molecule has 2 aromatic rings. The molecule has 4 heterocycles. The van der Waals surface area contributed by atoms with Gasteiger partial charge in [-0.25, -0.2) is 0 Å². The molecule has 1 unspecified atom stereocenters. The van der Waals surface area contributed by atoms with Crippen molar-refractivity contribution >= 4 is 40.9 Å². The third-order valence-electron chi connectivity index (χ3n) is 9.35. The van der Waals surface area contributed by atoms with Crippen LogP contribution in [0.5, 0.6) is 5.75 Å². The number of ether oxygens (including phenoxy) is 1. The predicted octanol–water partition coefficient (Wildman–Crippen LogP) is 4.28. The molecule has 9 heteroatoms. The molecule has 6 atom stereocenters. The molecular weight excluding hydrogens is 562 g/mol. The number of hydrogen-bond donors (Lipinski definition) is 1. The molecule has 4 aliphatic rings. The zero-order valence-electron chi connectivity index (χ0n) is 25.3. The van der Waals surface area contributed by atoms with Gasteiger partial charge in [-0.1, -0.05) is 36.4 Å². The summed E-state index contributed by atoms with van der Waals surface area (Å²) in [5, 5.41) is 10.3. The summed E-state index contributed by atoms with van der Waals surface area (Å²) in [7, 11) is 0. The summed E-state index contributed by atoms with van der Waals surface area (Å²) in [6, 6.07) is 12.0. The van der Waals surface area contributed by atoms with Crippen LogP contribution < -0.4 is 14.5 Å². The monoisotopic (exact) mass is 601 g/mol. The van der Waals surface area contributed by atoms with Crippen LogP contribution in [0.25, 0.3) is 0 Å². The number of thioether (sulfide) groups is 1. The lowest BCUT2D eigenvalue weighted by Crippen LogP contribution is -2.56. The Hall–Kier alpha value is -3.56. The van der Waals surface area contributed by atoms with E-state index in [1.54, 1.807) is 33.4 Å². The summed E-state index contributed by atoms with van der Waals surface area (Å²) in [6.45, 7) is 10.7. The standard InChI is InChI=1S/C34H39N3O5S/c1-6-42-25-13-11-24(12-14-25)35-17-7-15-33(5)27(30(35)39)28-31(40)37(23(4)20-38)29-32(41)36(18-8-16-34(28,29)43-33)26-19-21(2)9-10-22(26)3/h7-16,19,23,27-29,38H,6,17-18,20H2,1-5H3/t23-,27+,28+,29?,33-,34+/m1/s1. The van der Waals surface area contributed by atoms with Crippen LogP contribution in [-0.4, -0.2) is 75.6 Å². The van der Waals surface area contributed by atoms with Crippen molar-refractivity contribution in [3.63, 3.8) is 0 Å². The van der Waals surface area contributed by atoms with Gasteiger partial charge in [-0.15, -0.1) is 11.8 Å². The second-order valence-electron chi connectivity index (χ2n) is 12.2. The first kappa shape index (κ1) is 29.5. The number of likely N-dealkylation sites (tertiary alicyclic amines) is 1. The van der Waals surface area contributed by atoms with Gasteiger partial charge in [-0.05, 0) is 76.1 Å². The van der Waals surface area contributed by atoms with Gasteiger partial charge in [0.1, 0.15) is 11.8 Å². The summed E-state index contributed by atoms with van der Waals surface area (Å²) in [4.78, 5) is 48.9. The van der Waals surface area contributed by atoms with Crippen LogP contribution >= 0.6 is 11.8 Å². The summed E-state index contributed by atoms with van der Waals surface area (Å²) < 4.78 is 3.90. The van der Waals surface area contributed by atoms with Gasteiger partial charge in [0.25, 0.3) is 5.91 Å². The molecule has 8 nitrogen and oxygen atoms in total. The average molecular weight is 602 g/mol. The van der Waals surface area contributed by atoms with Crippen molar-refractivity contribution < 1.29 is 24.2 Å². The lowest BCUT2D eigenvalue weighted by atomic mass is 9.74. The van der Waals surface area contributed by atoms with Gasteiger partial charge in [0.15, 0.2) is 0 Å². The van der Waals surface area contributed by atoms with Gasteiger partial charge in [-0.3, -0.25) is 14.4 Å².